The maximum absolute atomic E-state index is 12.6. The molecule has 2 heterocycles. The van der Waals surface area contributed by atoms with E-state index in [2.05, 4.69) is 22.0 Å². The van der Waals surface area contributed by atoms with Crippen LogP contribution in [-0.2, 0) is 9.59 Å². The highest BCUT2D eigenvalue weighted by atomic mass is 16.2. The van der Waals surface area contributed by atoms with Gasteiger partial charge in [0.05, 0.1) is 11.6 Å². The van der Waals surface area contributed by atoms with E-state index < -0.39 is 11.9 Å². The van der Waals surface area contributed by atoms with E-state index in [-0.39, 0.29) is 11.8 Å². The number of nitrogens with zero attached hydrogens (tertiary/aromatic N) is 4. The Morgan fingerprint density at radius 1 is 1.00 bits per heavy atom. The second-order valence-corrected chi connectivity index (χ2v) is 7.69. The average Bonchev–Trinajstić information content (AvgIpc) is 2.79. The van der Waals surface area contributed by atoms with Gasteiger partial charge in [-0.1, -0.05) is 36.4 Å². The molecule has 2 aliphatic heterocycles. The molecule has 1 aliphatic carbocycles. The quantitative estimate of drug-likeness (QED) is 0.681. The van der Waals surface area contributed by atoms with Crippen LogP contribution in [0.3, 0.4) is 0 Å². The number of benzene rings is 1. The average molecular weight is 406 g/mol. The first-order valence-electron chi connectivity index (χ1n) is 10.5. The van der Waals surface area contributed by atoms with Crippen molar-refractivity contribution in [1.29, 1.82) is 0 Å². The first-order chi connectivity index (χ1) is 14.6. The van der Waals surface area contributed by atoms with Gasteiger partial charge in [-0.3, -0.25) is 14.5 Å². The van der Waals surface area contributed by atoms with Crippen LogP contribution >= 0.6 is 0 Å². The minimum Gasteiger partial charge on any atom is -0.368 e. The van der Waals surface area contributed by atoms with Gasteiger partial charge in [0.25, 0.3) is 0 Å². The summed E-state index contributed by atoms with van der Waals surface area (Å²) in [5.41, 5.74) is 1.70. The fraction of sp³-hybridized carbons (Fsp3) is 0.391. The smallest absolute Gasteiger partial charge is 0.350 e. The molecule has 0 aromatic heterocycles. The molecular weight excluding hydrogens is 380 g/mol. The largest absolute Gasteiger partial charge is 0.368 e. The Morgan fingerprint density at radius 3 is 2.53 bits per heavy atom. The van der Waals surface area contributed by atoms with Crippen molar-refractivity contribution < 1.29 is 14.4 Å². The monoisotopic (exact) mass is 406 g/mol. The molecule has 1 fully saturated rings. The Hall–Kier alpha value is -3.22. The van der Waals surface area contributed by atoms with Gasteiger partial charge in [-0.15, -0.1) is 0 Å². The Bertz CT molecular complexity index is 898. The third-order valence-electron chi connectivity index (χ3n) is 5.76. The molecule has 4 amide bonds. The van der Waals surface area contributed by atoms with Gasteiger partial charge < -0.3 is 9.80 Å². The molecule has 0 bridgehead atoms. The SMILES string of the molecule is O=C(CCCCN1C(=O)N=C2C=CC=CC2C1=O)N1CCN(c2ccccc2)CC1. The minimum atomic E-state index is -0.505. The van der Waals surface area contributed by atoms with Crippen molar-refractivity contribution in [3.8, 4) is 0 Å². The summed E-state index contributed by atoms with van der Waals surface area (Å²) < 4.78 is 0. The maximum atomic E-state index is 12.6. The van der Waals surface area contributed by atoms with Gasteiger partial charge in [0.15, 0.2) is 0 Å². The van der Waals surface area contributed by atoms with E-state index in [9.17, 15) is 14.4 Å². The van der Waals surface area contributed by atoms with Crippen molar-refractivity contribution in [3.63, 3.8) is 0 Å². The Kier molecular flexibility index (Phi) is 6.07. The number of imide groups is 1. The first kappa shape index (κ1) is 20.1. The summed E-state index contributed by atoms with van der Waals surface area (Å²) in [6.07, 6.45) is 8.72. The predicted octanol–water partition coefficient (Wildman–Crippen LogP) is 2.65. The molecule has 1 unspecified atom stereocenters. The molecule has 156 valence electrons. The van der Waals surface area contributed by atoms with Crippen molar-refractivity contribution in [2.24, 2.45) is 10.9 Å². The molecule has 0 spiro atoms. The van der Waals surface area contributed by atoms with Crippen LogP contribution in [0.2, 0.25) is 0 Å². The lowest BCUT2D eigenvalue weighted by atomic mass is 9.95. The number of fused-ring (bicyclic) bond motifs is 1. The highest BCUT2D eigenvalue weighted by molar-refractivity contribution is 6.21. The van der Waals surface area contributed by atoms with E-state index >= 15 is 0 Å². The van der Waals surface area contributed by atoms with Crippen LogP contribution in [0.4, 0.5) is 10.5 Å². The number of piperazine rings is 1. The number of hydrogen-bond donors (Lipinski definition) is 0. The molecule has 1 aromatic carbocycles. The molecule has 4 rings (SSSR count). The highest BCUT2D eigenvalue weighted by Gasteiger charge is 2.35. The second-order valence-electron chi connectivity index (χ2n) is 7.69. The number of amides is 4. The van der Waals surface area contributed by atoms with E-state index in [1.54, 1.807) is 24.3 Å². The molecule has 0 saturated carbocycles. The summed E-state index contributed by atoms with van der Waals surface area (Å²) in [4.78, 5) is 46.7. The Labute approximate surface area is 176 Å². The number of allylic oxidation sites excluding steroid dienone is 3. The molecule has 7 heteroatoms. The standard InChI is InChI=1S/C23H26N4O3/c28-21(26-16-14-25(15-17-26)18-8-2-1-3-9-18)12-6-7-13-27-22(29)19-10-4-5-11-20(19)24-23(27)30/h1-5,8-11,19H,6-7,12-17H2. The number of carbonyl (C=O) groups is 3. The number of hydrogen-bond acceptors (Lipinski definition) is 4. The number of urea groups is 1. The molecule has 0 radical (unpaired) electrons. The minimum absolute atomic E-state index is 0.139. The molecule has 1 atom stereocenters. The lowest BCUT2D eigenvalue weighted by molar-refractivity contribution is -0.131. The van der Waals surface area contributed by atoms with Gasteiger partial charge in [-0.05, 0) is 31.1 Å². The Balaban J connectivity index is 1.20. The second kappa shape index (κ2) is 9.07. The van der Waals surface area contributed by atoms with Crippen molar-refractivity contribution in [1.82, 2.24) is 9.80 Å². The van der Waals surface area contributed by atoms with Crippen LogP contribution in [0.1, 0.15) is 19.3 Å². The number of anilines is 1. The first-order valence-corrected chi connectivity index (χ1v) is 10.5. The zero-order valence-corrected chi connectivity index (χ0v) is 16.9. The highest BCUT2D eigenvalue weighted by Crippen LogP contribution is 2.20. The van der Waals surface area contributed by atoms with Crippen molar-refractivity contribution in [3.05, 3.63) is 54.6 Å². The van der Waals surface area contributed by atoms with Crippen LogP contribution in [0, 0.1) is 5.92 Å². The van der Waals surface area contributed by atoms with Crippen molar-refractivity contribution in [2.75, 3.05) is 37.6 Å². The van der Waals surface area contributed by atoms with Gasteiger partial charge in [0.2, 0.25) is 11.8 Å². The summed E-state index contributed by atoms with van der Waals surface area (Å²) in [6.45, 7) is 3.40. The van der Waals surface area contributed by atoms with E-state index in [4.69, 9.17) is 0 Å². The van der Waals surface area contributed by atoms with Gasteiger partial charge in [0, 0.05) is 44.8 Å². The van der Waals surface area contributed by atoms with Crippen LogP contribution < -0.4 is 4.90 Å². The lowest BCUT2D eigenvalue weighted by Crippen LogP contribution is -2.48. The van der Waals surface area contributed by atoms with Crippen LogP contribution in [0.25, 0.3) is 0 Å². The molecule has 3 aliphatic rings. The fourth-order valence-electron chi connectivity index (χ4n) is 4.04. The number of para-hydroxylation sites is 1. The van der Waals surface area contributed by atoms with Crippen molar-refractivity contribution >= 4 is 29.2 Å². The molecule has 0 N–H and O–H groups in total. The zero-order valence-electron chi connectivity index (χ0n) is 16.9. The third kappa shape index (κ3) is 4.35. The van der Waals surface area contributed by atoms with E-state index in [1.807, 2.05) is 23.1 Å². The number of rotatable bonds is 6. The summed E-state index contributed by atoms with van der Waals surface area (Å²) in [5, 5.41) is 0. The van der Waals surface area contributed by atoms with Crippen LogP contribution in [0.5, 0.6) is 0 Å². The van der Waals surface area contributed by atoms with E-state index in [1.165, 1.54) is 10.6 Å². The maximum Gasteiger partial charge on any atom is 0.350 e. The molecular formula is C23H26N4O3. The number of unbranched alkanes of at least 4 members (excludes halogenated alkanes) is 1. The van der Waals surface area contributed by atoms with Gasteiger partial charge >= 0.3 is 6.03 Å². The molecule has 1 aromatic rings. The normalized spacial score (nSPS) is 21.0. The molecule has 1 saturated heterocycles. The summed E-state index contributed by atoms with van der Waals surface area (Å²) in [6, 6.07) is 9.73. The van der Waals surface area contributed by atoms with Gasteiger partial charge in [-0.2, -0.15) is 4.99 Å². The predicted molar refractivity (Wildman–Crippen MR) is 115 cm³/mol. The Morgan fingerprint density at radius 2 is 1.77 bits per heavy atom. The number of carbonyl (C=O) groups excluding carboxylic acids is 3. The van der Waals surface area contributed by atoms with Crippen molar-refractivity contribution in [2.45, 2.75) is 19.3 Å². The van der Waals surface area contributed by atoms with Gasteiger partial charge in [-0.25, -0.2) is 4.79 Å². The van der Waals surface area contributed by atoms with Crippen LogP contribution in [-0.4, -0.2) is 66.1 Å². The third-order valence-corrected chi connectivity index (χ3v) is 5.76. The summed E-state index contributed by atoms with van der Waals surface area (Å²) in [5.74, 6) is -0.552. The topological polar surface area (TPSA) is 73.3 Å². The summed E-state index contributed by atoms with van der Waals surface area (Å²) >= 11 is 0. The van der Waals surface area contributed by atoms with E-state index in [0.717, 1.165) is 26.2 Å². The van der Waals surface area contributed by atoms with E-state index in [0.29, 0.717) is 31.5 Å². The summed E-state index contributed by atoms with van der Waals surface area (Å²) in [7, 11) is 0. The zero-order chi connectivity index (χ0) is 20.9. The lowest BCUT2D eigenvalue weighted by Gasteiger charge is -2.36. The number of aliphatic imine (C=N–C) groups is 1. The van der Waals surface area contributed by atoms with Gasteiger partial charge in [0.1, 0.15) is 0 Å². The molecule has 7 nitrogen and oxygen atoms in total. The molecule has 30 heavy (non-hydrogen) atoms. The van der Waals surface area contributed by atoms with Crippen LogP contribution in [0.15, 0.2) is 59.6 Å². The fourth-order valence-corrected chi connectivity index (χ4v) is 4.04.